The Morgan fingerprint density at radius 1 is 1.29 bits per heavy atom. The van der Waals surface area contributed by atoms with Gasteiger partial charge in [-0.15, -0.1) is 0 Å². The second-order valence-electron chi connectivity index (χ2n) is 4.93. The van der Waals surface area contributed by atoms with Crippen LogP contribution in [-0.4, -0.2) is 28.2 Å². The van der Waals surface area contributed by atoms with Crippen molar-refractivity contribution in [3.05, 3.63) is 53.2 Å². The van der Waals surface area contributed by atoms with E-state index < -0.39 is 0 Å². The fourth-order valence-corrected chi connectivity index (χ4v) is 2.87. The highest BCUT2D eigenvalue weighted by Gasteiger charge is 2.16. The summed E-state index contributed by atoms with van der Waals surface area (Å²) in [5.74, 6) is 2.72. The first-order valence-corrected chi connectivity index (χ1v) is 7.93. The van der Waals surface area contributed by atoms with Gasteiger partial charge in [0.25, 0.3) is 0 Å². The molecule has 3 heterocycles. The summed E-state index contributed by atoms with van der Waals surface area (Å²) in [5, 5.41) is 0.840. The molecule has 3 rings (SSSR count). The lowest BCUT2D eigenvalue weighted by atomic mass is 10.2. The van der Waals surface area contributed by atoms with Crippen LogP contribution in [0.3, 0.4) is 0 Å². The zero-order valence-electron chi connectivity index (χ0n) is 12.2. The third kappa shape index (κ3) is 3.42. The molecule has 2 aromatic heterocycles. The van der Waals surface area contributed by atoms with Crippen molar-refractivity contribution in [2.24, 2.45) is 9.98 Å². The van der Waals surface area contributed by atoms with Crippen LogP contribution in [0.4, 0.5) is 0 Å². The Hall–Kier alpha value is -1.88. The summed E-state index contributed by atoms with van der Waals surface area (Å²) in [6.07, 6.45) is 2.75. The SMILES string of the molecule is Cc1cc(C2=NC(SCCc3ccccn3)=NC2)oc1C. The summed E-state index contributed by atoms with van der Waals surface area (Å²) >= 11 is 1.67. The van der Waals surface area contributed by atoms with E-state index in [1.54, 1.807) is 11.8 Å². The smallest absolute Gasteiger partial charge is 0.183 e. The maximum atomic E-state index is 5.70. The lowest BCUT2D eigenvalue weighted by Gasteiger charge is -1.98. The van der Waals surface area contributed by atoms with Crippen molar-refractivity contribution in [3.63, 3.8) is 0 Å². The topological polar surface area (TPSA) is 50.8 Å². The number of aromatic nitrogens is 1. The van der Waals surface area contributed by atoms with Gasteiger partial charge in [-0.1, -0.05) is 17.8 Å². The molecule has 0 atom stereocenters. The van der Waals surface area contributed by atoms with E-state index in [1.807, 2.05) is 44.3 Å². The molecule has 1 aliphatic heterocycles. The third-order valence-corrected chi connectivity index (χ3v) is 4.25. The van der Waals surface area contributed by atoms with Crippen LogP contribution in [-0.2, 0) is 6.42 Å². The lowest BCUT2D eigenvalue weighted by molar-refractivity contribution is 0.523. The highest BCUT2D eigenvalue weighted by molar-refractivity contribution is 8.13. The summed E-state index contributed by atoms with van der Waals surface area (Å²) < 4.78 is 5.70. The molecule has 0 amide bonds. The fourth-order valence-electron chi connectivity index (χ4n) is 2.05. The molecule has 4 nitrogen and oxygen atoms in total. The van der Waals surface area contributed by atoms with E-state index in [1.165, 1.54) is 0 Å². The highest BCUT2D eigenvalue weighted by Crippen LogP contribution is 2.19. The molecule has 0 radical (unpaired) electrons. The molecular weight excluding hydrogens is 282 g/mol. The van der Waals surface area contributed by atoms with Gasteiger partial charge in [0, 0.05) is 17.6 Å². The Balaban J connectivity index is 1.56. The molecule has 108 valence electrons. The molecule has 0 N–H and O–H groups in total. The summed E-state index contributed by atoms with van der Waals surface area (Å²) in [7, 11) is 0. The Kier molecular flexibility index (Phi) is 4.20. The van der Waals surface area contributed by atoms with Crippen molar-refractivity contribution in [3.8, 4) is 0 Å². The molecule has 0 unspecified atom stereocenters. The number of rotatable bonds is 4. The van der Waals surface area contributed by atoms with Crippen LogP contribution in [0, 0.1) is 13.8 Å². The first-order valence-electron chi connectivity index (χ1n) is 6.94. The van der Waals surface area contributed by atoms with Gasteiger partial charge in [0.05, 0.1) is 6.54 Å². The standard InChI is InChI=1S/C16H17N3OS/c1-11-9-15(20-12(11)2)14-10-18-16(19-14)21-8-6-13-5-3-4-7-17-13/h3-5,7,9H,6,8,10H2,1-2H3. The highest BCUT2D eigenvalue weighted by atomic mass is 32.2. The third-order valence-electron chi connectivity index (χ3n) is 3.36. The number of hydrogen-bond acceptors (Lipinski definition) is 5. The van der Waals surface area contributed by atoms with Gasteiger partial charge in [0.2, 0.25) is 0 Å². The Bertz CT molecular complexity index is 669. The van der Waals surface area contributed by atoms with Crippen LogP contribution in [0.1, 0.15) is 22.8 Å². The number of aliphatic imine (C=N–C) groups is 2. The van der Waals surface area contributed by atoms with Gasteiger partial charge in [-0.05, 0) is 44.0 Å². The molecule has 21 heavy (non-hydrogen) atoms. The number of amidine groups is 1. The maximum Gasteiger partial charge on any atom is 0.183 e. The van der Waals surface area contributed by atoms with Crippen LogP contribution in [0.15, 0.2) is 44.9 Å². The minimum absolute atomic E-state index is 0.609. The predicted molar refractivity (Wildman–Crippen MR) is 87.4 cm³/mol. The second kappa shape index (κ2) is 6.26. The normalized spacial score (nSPS) is 14.2. The number of nitrogens with zero attached hydrogens (tertiary/aromatic N) is 3. The lowest BCUT2D eigenvalue weighted by Crippen LogP contribution is -1.99. The predicted octanol–water partition coefficient (Wildman–Crippen LogP) is 3.43. The molecule has 0 aliphatic carbocycles. The summed E-state index contributed by atoms with van der Waals surface area (Å²) in [4.78, 5) is 13.3. The summed E-state index contributed by atoms with van der Waals surface area (Å²) in [6, 6.07) is 8.02. The van der Waals surface area contributed by atoms with Crippen LogP contribution >= 0.6 is 11.8 Å². The number of furan rings is 1. The van der Waals surface area contributed by atoms with Gasteiger partial charge in [0.15, 0.2) is 10.9 Å². The van der Waals surface area contributed by atoms with E-state index in [9.17, 15) is 0 Å². The quantitative estimate of drug-likeness (QED) is 0.869. The summed E-state index contributed by atoms with van der Waals surface area (Å²) in [6.45, 7) is 4.62. The van der Waals surface area contributed by atoms with E-state index in [0.717, 1.165) is 45.8 Å². The Morgan fingerprint density at radius 2 is 2.19 bits per heavy atom. The molecule has 0 fully saturated rings. The second-order valence-corrected chi connectivity index (χ2v) is 5.99. The van der Waals surface area contributed by atoms with E-state index in [0.29, 0.717) is 6.54 Å². The monoisotopic (exact) mass is 299 g/mol. The van der Waals surface area contributed by atoms with Gasteiger partial charge in [-0.3, -0.25) is 9.98 Å². The fraction of sp³-hybridized carbons (Fsp3) is 0.312. The number of pyridine rings is 1. The summed E-state index contributed by atoms with van der Waals surface area (Å²) in [5.41, 5.74) is 3.18. The van der Waals surface area contributed by atoms with Crippen molar-refractivity contribution in [2.45, 2.75) is 20.3 Å². The number of aryl methyl sites for hydroxylation is 3. The first-order chi connectivity index (χ1) is 10.2. The van der Waals surface area contributed by atoms with E-state index in [2.05, 4.69) is 15.0 Å². The number of thioether (sulfide) groups is 1. The number of hydrogen-bond donors (Lipinski definition) is 0. The molecule has 0 aromatic carbocycles. The van der Waals surface area contributed by atoms with Crippen molar-refractivity contribution < 1.29 is 4.42 Å². The van der Waals surface area contributed by atoms with E-state index in [4.69, 9.17) is 4.42 Å². The van der Waals surface area contributed by atoms with Crippen LogP contribution < -0.4 is 0 Å². The molecule has 0 saturated carbocycles. The first kappa shape index (κ1) is 14.1. The largest absolute Gasteiger partial charge is 0.460 e. The van der Waals surface area contributed by atoms with Crippen LogP contribution in [0.2, 0.25) is 0 Å². The molecule has 5 heteroatoms. The zero-order valence-corrected chi connectivity index (χ0v) is 13.0. The van der Waals surface area contributed by atoms with Crippen molar-refractivity contribution >= 4 is 22.6 Å². The molecule has 2 aromatic rings. The average Bonchev–Trinajstić information content (AvgIpc) is 3.08. The molecule has 0 spiro atoms. The van der Waals surface area contributed by atoms with Crippen LogP contribution in [0.5, 0.6) is 0 Å². The van der Waals surface area contributed by atoms with Crippen molar-refractivity contribution in [1.29, 1.82) is 0 Å². The average molecular weight is 299 g/mol. The van der Waals surface area contributed by atoms with Gasteiger partial charge >= 0.3 is 0 Å². The van der Waals surface area contributed by atoms with E-state index in [-0.39, 0.29) is 0 Å². The molecule has 0 bridgehead atoms. The van der Waals surface area contributed by atoms with Gasteiger partial charge in [0.1, 0.15) is 11.5 Å². The Labute approximate surface area is 128 Å². The van der Waals surface area contributed by atoms with Crippen molar-refractivity contribution in [1.82, 2.24) is 4.98 Å². The van der Waals surface area contributed by atoms with E-state index >= 15 is 0 Å². The zero-order chi connectivity index (χ0) is 14.7. The van der Waals surface area contributed by atoms with Crippen molar-refractivity contribution in [2.75, 3.05) is 12.3 Å². The van der Waals surface area contributed by atoms with Gasteiger partial charge in [-0.25, -0.2) is 4.99 Å². The molecule has 1 aliphatic rings. The van der Waals surface area contributed by atoms with Gasteiger partial charge < -0.3 is 4.42 Å². The van der Waals surface area contributed by atoms with Crippen LogP contribution in [0.25, 0.3) is 0 Å². The van der Waals surface area contributed by atoms with Gasteiger partial charge in [-0.2, -0.15) is 0 Å². The molecule has 0 saturated heterocycles. The minimum Gasteiger partial charge on any atom is -0.460 e. The Morgan fingerprint density at radius 3 is 2.90 bits per heavy atom. The maximum absolute atomic E-state index is 5.70. The molecular formula is C16H17N3OS. The minimum atomic E-state index is 0.609.